The van der Waals surface area contributed by atoms with E-state index in [9.17, 15) is 5.11 Å². The molecule has 0 aromatic heterocycles. The van der Waals surface area contributed by atoms with E-state index in [4.69, 9.17) is 0 Å². The van der Waals surface area contributed by atoms with Crippen LogP contribution in [0.4, 0.5) is 0 Å². The first kappa shape index (κ1) is 12.9. The highest BCUT2D eigenvalue weighted by molar-refractivity contribution is 9.10. The maximum Gasteiger partial charge on any atom is 0.0939 e. The Labute approximate surface area is 122 Å². The fourth-order valence-electron chi connectivity index (χ4n) is 3.04. The lowest BCUT2D eigenvalue weighted by atomic mass is 9.76. The Bertz CT molecular complexity index is 593. The molecular weight excluding hydrogens is 300 g/mol. The molecule has 1 aliphatic rings. The summed E-state index contributed by atoms with van der Waals surface area (Å²) in [6.45, 7) is 0. The Hall–Kier alpha value is -1.12. The summed E-state index contributed by atoms with van der Waals surface area (Å²) in [5.74, 6) is 0. The van der Waals surface area contributed by atoms with Gasteiger partial charge in [-0.05, 0) is 42.0 Å². The Balaban J connectivity index is 1.99. The predicted octanol–water partition coefficient (Wildman–Crippen LogP) is 4.22. The Morgan fingerprint density at radius 2 is 1.79 bits per heavy atom. The molecule has 0 amide bonds. The highest BCUT2D eigenvalue weighted by Crippen LogP contribution is 2.38. The number of aryl methyl sites for hydroxylation is 1. The van der Waals surface area contributed by atoms with E-state index >= 15 is 0 Å². The van der Waals surface area contributed by atoms with E-state index in [1.165, 1.54) is 11.1 Å². The number of halogens is 1. The lowest BCUT2D eigenvalue weighted by molar-refractivity contribution is 0.0189. The van der Waals surface area contributed by atoms with Crippen molar-refractivity contribution in [2.75, 3.05) is 0 Å². The third kappa shape index (κ3) is 2.47. The van der Waals surface area contributed by atoms with Gasteiger partial charge < -0.3 is 5.11 Å². The van der Waals surface area contributed by atoms with Gasteiger partial charge >= 0.3 is 0 Å². The first-order valence-corrected chi connectivity index (χ1v) is 7.52. The first-order chi connectivity index (χ1) is 9.19. The third-order valence-electron chi connectivity index (χ3n) is 4.00. The van der Waals surface area contributed by atoms with E-state index < -0.39 is 5.60 Å². The molecule has 0 saturated carbocycles. The zero-order valence-corrected chi connectivity index (χ0v) is 12.4. The van der Waals surface area contributed by atoms with Crippen molar-refractivity contribution in [2.24, 2.45) is 0 Å². The first-order valence-electron chi connectivity index (χ1n) is 6.73. The molecule has 1 N–H and O–H groups in total. The van der Waals surface area contributed by atoms with Gasteiger partial charge in [-0.2, -0.15) is 0 Å². The highest BCUT2D eigenvalue weighted by Gasteiger charge is 2.34. The summed E-state index contributed by atoms with van der Waals surface area (Å²) >= 11 is 3.58. The van der Waals surface area contributed by atoms with Crippen molar-refractivity contribution in [3.8, 4) is 0 Å². The van der Waals surface area contributed by atoms with Crippen LogP contribution in [0.3, 0.4) is 0 Å². The van der Waals surface area contributed by atoms with Crippen molar-refractivity contribution in [1.29, 1.82) is 0 Å². The summed E-state index contributed by atoms with van der Waals surface area (Å²) in [7, 11) is 0. The van der Waals surface area contributed by atoms with Gasteiger partial charge in [0.25, 0.3) is 0 Å². The van der Waals surface area contributed by atoms with E-state index in [0.717, 1.165) is 29.3 Å². The molecule has 19 heavy (non-hydrogen) atoms. The zero-order chi connectivity index (χ0) is 13.3. The van der Waals surface area contributed by atoms with Crippen LogP contribution < -0.4 is 0 Å². The maximum absolute atomic E-state index is 11.1. The van der Waals surface area contributed by atoms with Crippen molar-refractivity contribution in [2.45, 2.75) is 31.3 Å². The van der Waals surface area contributed by atoms with Gasteiger partial charge in [0.1, 0.15) is 0 Å². The van der Waals surface area contributed by atoms with Crippen LogP contribution in [0, 0.1) is 0 Å². The second kappa shape index (κ2) is 5.10. The average molecular weight is 317 g/mol. The molecule has 1 atom stereocenters. The van der Waals surface area contributed by atoms with E-state index in [1.807, 2.05) is 24.3 Å². The smallest absolute Gasteiger partial charge is 0.0939 e. The summed E-state index contributed by atoms with van der Waals surface area (Å²) in [5, 5.41) is 11.1. The number of hydrogen-bond acceptors (Lipinski definition) is 1. The summed E-state index contributed by atoms with van der Waals surface area (Å²) in [5.41, 5.74) is 2.85. The van der Waals surface area contributed by atoms with Gasteiger partial charge in [0, 0.05) is 10.9 Å². The van der Waals surface area contributed by atoms with Gasteiger partial charge in [-0.3, -0.25) is 0 Å². The number of hydrogen-bond donors (Lipinski definition) is 1. The van der Waals surface area contributed by atoms with Gasteiger partial charge in [0.05, 0.1) is 5.60 Å². The topological polar surface area (TPSA) is 20.2 Å². The monoisotopic (exact) mass is 316 g/mol. The van der Waals surface area contributed by atoms with Crippen LogP contribution in [0.25, 0.3) is 0 Å². The number of rotatable bonds is 2. The van der Waals surface area contributed by atoms with E-state index in [0.29, 0.717) is 6.42 Å². The van der Waals surface area contributed by atoms with Gasteiger partial charge in [-0.25, -0.2) is 0 Å². The Kier molecular flexibility index (Phi) is 3.46. The van der Waals surface area contributed by atoms with Crippen LogP contribution >= 0.6 is 15.9 Å². The fourth-order valence-corrected chi connectivity index (χ4v) is 3.46. The van der Waals surface area contributed by atoms with Crippen molar-refractivity contribution in [3.05, 3.63) is 69.7 Å². The predicted molar refractivity (Wildman–Crippen MR) is 81.1 cm³/mol. The fraction of sp³-hybridized carbons (Fsp3) is 0.294. The van der Waals surface area contributed by atoms with E-state index in [1.54, 1.807) is 0 Å². The summed E-state index contributed by atoms with van der Waals surface area (Å²) < 4.78 is 1.08. The second-order valence-electron chi connectivity index (χ2n) is 5.31. The molecule has 2 heteroatoms. The van der Waals surface area contributed by atoms with Crippen LogP contribution in [0.15, 0.2) is 53.0 Å². The summed E-state index contributed by atoms with van der Waals surface area (Å²) in [6.07, 6.45) is 3.64. The minimum absolute atomic E-state index is 0.672. The Morgan fingerprint density at radius 3 is 2.63 bits per heavy atom. The number of benzene rings is 2. The molecule has 2 aromatic rings. The molecule has 0 saturated heterocycles. The molecule has 1 nitrogen and oxygen atoms in total. The molecule has 3 rings (SSSR count). The molecule has 0 spiro atoms. The molecule has 1 unspecified atom stereocenters. The normalized spacial score (nSPS) is 22.0. The number of fused-ring (bicyclic) bond motifs is 1. The Morgan fingerprint density at radius 1 is 1.05 bits per heavy atom. The lowest BCUT2D eigenvalue weighted by Crippen LogP contribution is -2.33. The summed E-state index contributed by atoms with van der Waals surface area (Å²) in [6, 6.07) is 16.4. The third-order valence-corrected chi connectivity index (χ3v) is 4.77. The minimum atomic E-state index is -0.723. The van der Waals surface area contributed by atoms with Crippen LogP contribution in [-0.2, 0) is 18.4 Å². The molecule has 0 aliphatic heterocycles. The molecule has 0 fully saturated rings. The van der Waals surface area contributed by atoms with Gasteiger partial charge in [-0.15, -0.1) is 0 Å². The minimum Gasteiger partial charge on any atom is -0.385 e. The average Bonchev–Trinajstić information content (AvgIpc) is 2.42. The molecule has 2 aromatic carbocycles. The van der Waals surface area contributed by atoms with Gasteiger partial charge in [0.2, 0.25) is 0 Å². The molecule has 1 aliphatic carbocycles. The quantitative estimate of drug-likeness (QED) is 0.879. The standard InChI is InChI=1S/C17H17BrO/c18-16-10-4-2-7-14(16)12-17(19)11-5-8-13-6-1-3-9-15(13)17/h1-4,6-7,9-10,19H,5,8,11-12H2. The zero-order valence-electron chi connectivity index (χ0n) is 10.8. The maximum atomic E-state index is 11.1. The van der Waals surface area contributed by atoms with Crippen molar-refractivity contribution in [1.82, 2.24) is 0 Å². The lowest BCUT2D eigenvalue weighted by Gasteiger charge is -2.35. The molecule has 0 bridgehead atoms. The van der Waals surface area contributed by atoms with Crippen LogP contribution in [-0.4, -0.2) is 5.11 Å². The molecule has 0 heterocycles. The molecule has 98 valence electrons. The SMILES string of the molecule is OC1(Cc2ccccc2Br)CCCc2ccccc21. The highest BCUT2D eigenvalue weighted by atomic mass is 79.9. The second-order valence-corrected chi connectivity index (χ2v) is 6.16. The molecule has 0 radical (unpaired) electrons. The van der Waals surface area contributed by atoms with Crippen molar-refractivity contribution < 1.29 is 5.11 Å². The van der Waals surface area contributed by atoms with Crippen molar-refractivity contribution >= 4 is 15.9 Å². The largest absolute Gasteiger partial charge is 0.385 e. The van der Waals surface area contributed by atoms with Crippen LogP contribution in [0.2, 0.25) is 0 Å². The number of aliphatic hydroxyl groups is 1. The molecular formula is C17H17BrO. The van der Waals surface area contributed by atoms with Crippen LogP contribution in [0.5, 0.6) is 0 Å². The van der Waals surface area contributed by atoms with Crippen LogP contribution in [0.1, 0.15) is 29.5 Å². The van der Waals surface area contributed by atoms with E-state index in [2.05, 4.69) is 40.2 Å². The van der Waals surface area contributed by atoms with E-state index in [-0.39, 0.29) is 0 Å². The summed E-state index contributed by atoms with van der Waals surface area (Å²) in [4.78, 5) is 0. The van der Waals surface area contributed by atoms with Gasteiger partial charge in [0.15, 0.2) is 0 Å². The van der Waals surface area contributed by atoms with Crippen molar-refractivity contribution in [3.63, 3.8) is 0 Å². The van der Waals surface area contributed by atoms with Gasteiger partial charge in [-0.1, -0.05) is 58.4 Å².